The molecule has 0 atom stereocenters. The Kier molecular flexibility index (Phi) is 10.1. The number of pyridine rings is 1. The van der Waals surface area contributed by atoms with E-state index in [1.54, 1.807) is 6.20 Å². The van der Waals surface area contributed by atoms with Crippen LogP contribution >= 0.6 is 0 Å². The van der Waals surface area contributed by atoms with Gasteiger partial charge in [0.15, 0.2) is 16.7 Å². The molecule has 273 valence electrons. The third-order valence-corrected chi connectivity index (χ3v) is 9.60. The zero-order chi connectivity index (χ0) is 36.9. The summed E-state index contributed by atoms with van der Waals surface area (Å²) in [6, 6.07) is 43.4. The molecule has 0 aliphatic carbocycles. The molecule has 0 saturated carbocycles. The van der Waals surface area contributed by atoms with E-state index in [4.69, 9.17) is 18.8 Å². The van der Waals surface area contributed by atoms with E-state index >= 15 is 0 Å². The molecule has 4 heterocycles. The van der Waals surface area contributed by atoms with Crippen molar-refractivity contribution in [2.45, 2.75) is 65.7 Å². The predicted molar refractivity (Wildman–Crippen MR) is 216 cm³/mol. The molecule has 0 spiro atoms. The summed E-state index contributed by atoms with van der Waals surface area (Å²) in [4.78, 5) is 14.3. The molecule has 54 heavy (non-hydrogen) atoms. The number of para-hydroxylation sites is 3. The molecule has 0 saturated heterocycles. The first-order chi connectivity index (χ1) is 25.6. The summed E-state index contributed by atoms with van der Waals surface area (Å²) in [7, 11) is 0. The molecular weight excluding hydrogens is 845 g/mol. The van der Waals surface area contributed by atoms with Crippen molar-refractivity contribution >= 4 is 44.1 Å². The number of fused-ring (bicyclic) bond motifs is 6. The SMILES string of the molecule is CC(C)c1cccc(C(C)C)c1-n1c(-c2[c-]ccc3c2oc2c3ccc3oc(C(C)(C)C)nc32)nc2ccccc21.[Ir].[c-]1ccccc1-c1ccccn1. The van der Waals surface area contributed by atoms with Gasteiger partial charge in [-0.25, -0.2) is 4.98 Å². The van der Waals surface area contributed by atoms with Gasteiger partial charge in [0.2, 0.25) is 5.89 Å². The third-order valence-electron chi connectivity index (χ3n) is 9.60. The fraction of sp³-hybridized carbons (Fsp3) is 0.213. The molecule has 0 bridgehead atoms. The Labute approximate surface area is 329 Å². The van der Waals surface area contributed by atoms with Gasteiger partial charge in [-0.2, -0.15) is 0 Å². The summed E-state index contributed by atoms with van der Waals surface area (Å²) < 4.78 is 15.2. The predicted octanol–water partition coefficient (Wildman–Crippen LogP) is 12.6. The van der Waals surface area contributed by atoms with Crippen LogP contribution in [0, 0.1) is 12.1 Å². The van der Waals surface area contributed by atoms with Crippen molar-refractivity contribution in [1.82, 2.24) is 19.5 Å². The van der Waals surface area contributed by atoms with Gasteiger partial charge in [-0.05, 0) is 59.0 Å². The number of imidazole rings is 1. The number of furan rings is 1. The fourth-order valence-corrected chi connectivity index (χ4v) is 6.94. The molecule has 0 amide bonds. The molecule has 1 radical (unpaired) electrons. The maximum atomic E-state index is 6.71. The topological polar surface area (TPSA) is 69.9 Å². The second-order valence-corrected chi connectivity index (χ2v) is 15.1. The largest absolute Gasteiger partial charge is 0.498 e. The Balaban J connectivity index is 0.000000294. The zero-order valence-electron chi connectivity index (χ0n) is 31.6. The standard InChI is InChI=1S/C36H34N3O2.C11H8N.Ir/c1-20(2)22-12-10-13-23(21(3)4)31(22)39-28-17-9-8-16-27(28)37-34(39)26-15-11-14-24-25-18-19-29-30(33(25)41-32(24)26)38-35(40-29)36(5,6)7;1-2-6-10(7-3-1)11-8-4-5-9-12-11;/h8-14,16-21H,1-7H3;1-6,8-9H;/q2*-1;. The average molecular weight is 887 g/mol. The normalized spacial score (nSPS) is 11.8. The van der Waals surface area contributed by atoms with Gasteiger partial charge >= 0.3 is 0 Å². The van der Waals surface area contributed by atoms with Crippen LogP contribution in [0.5, 0.6) is 0 Å². The van der Waals surface area contributed by atoms with E-state index in [9.17, 15) is 0 Å². The molecule has 7 heteroatoms. The Hall–Kier alpha value is -5.36. The van der Waals surface area contributed by atoms with E-state index in [0.717, 1.165) is 66.7 Å². The molecule has 6 nitrogen and oxygen atoms in total. The average Bonchev–Trinajstić information content (AvgIpc) is 3.89. The molecule has 0 unspecified atom stereocenters. The van der Waals surface area contributed by atoms with E-state index in [-0.39, 0.29) is 25.5 Å². The molecule has 5 aromatic carbocycles. The van der Waals surface area contributed by atoms with Crippen molar-refractivity contribution in [2.75, 3.05) is 0 Å². The zero-order valence-corrected chi connectivity index (χ0v) is 34.0. The maximum Gasteiger partial charge on any atom is 0.200 e. The number of oxazole rings is 1. The Bertz CT molecular complexity index is 2650. The summed E-state index contributed by atoms with van der Waals surface area (Å²) in [6.07, 6.45) is 1.79. The van der Waals surface area contributed by atoms with Gasteiger partial charge in [0.05, 0.1) is 22.4 Å². The van der Waals surface area contributed by atoms with Crippen LogP contribution in [0.1, 0.15) is 77.3 Å². The number of benzene rings is 5. The number of rotatable bonds is 5. The maximum absolute atomic E-state index is 6.71. The molecule has 4 aromatic heterocycles. The number of hydrogen-bond acceptors (Lipinski definition) is 5. The van der Waals surface area contributed by atoms with E-state index in [0.29, 0.717) is 17.7 Å². The van der Waals surface area contributed by atoms with Crippen molar-refractivity contribution in [3.05, 3.63) is 145 Å². The van der Waals surface area contributed by atoms with Crippen LogP contribution in [0.4, 0.5) is 0 Å². The molecule has 0 aliphatic rings. The summed E-state index contributed by atoms with van der Waals surface area (Å²) >= 11 is 0. The number of nitrogens with zero attached hydrogens (tertiary/aromatic N) is 4. The minimum absolute atomic E-state index is 0. The first-order valence-electron chi connectivity index (χ1n) is 18.3. The number of aromatic nitrogens is 4. The van der Waals surface area contributed by atoms with Gasteiger partial charge in [0.25, 0.3) is 0 Å². The minimum atomic E-state index is -0.209. The smallest absolute Gasteiger partial charge is 0.200 e. The molecule has 9 aromatic rings. The first-order valence-corrected chi connectivity index (χ1v) is 18.3. The van der Waals surface area contributed by atoms with Crippen molar-refractivity contribution in [1.29, 1.82) is 0 Å². The Morgan fingerprint density at radius 1 is 0.667 bits per heavy atom. The van der Waals surface area contributed by atoms with Crippen LogP contribution in [0.15, 0.2) is 124 Å². The monoisotopic (exact) mass is 887 g/mol. The van der Waals surface area contributed by atoms with Crippen molar-refractivity contribution in [3.63, 3.8) is 0 Å². The third kappa shape index (κ3) is 6.68. The van der Waals surface area contributed by atoms with Crippen LogP contribution in [0.3, 0.4) is 0 Å². The molecular formula is C47H42IrN4O2-2. The molecule has 0 fully saturated rings. The van der Waals surface area contributed by atoms with Crippen molar-refractivity contribution in [2.24, 2.45) is 0 Å². The summed E-state index contributed by atoms with van der Waals surface area (Å²) in [5.41, 5.74) is 11.3. The second kappa shape index (κ2) is 14.8. The van der Waals surface area contributed by atoms with Gasteiger partial charge < -0.3 is 18.4 Å². The summed E-state index contributed by atoms with van der Waals surface area (Å²) in [6.45, 7) is 15.3. The molecule has 0 N–H and O–H groups in total. The van der Waals surface area contributed by atoms with Crippen LogP contribution < -0.4 is 0 Å². The fourth-order valence-electron chi connectivity index (χ4n) is 6.94. The minimum Gasteiger partial charge on any atom is -0.498 e. The van der Waals surface area contributed by atoms with E-state index < -0.39 is 0 Å². The molecule has 0 aliphatic heterocycles. The quantitative estimate of drug-likeness (QED) is 0.161. The van der Waals surface area contributed by atoms with Gasteiger partial charge in [-0.3, -0.25) is 4.98 Å². The second-order valence-electron chi connectivity index (χ2n) is 15.1. The van der Waals surface area contributed by atoms with Gasteiger partial charge in [0, 0.05) is 42.8 Å². The van der Waals surface area contributed by atoms with E-state index in [1.165, 1.54) is 16.8 Å². The summed E-state index contributed by atoms with van der Waals surface area (Å²) in [5.74, 6) is 2.18. The van der Waals surface area contributed by atoms with Crippen LogP contribution in [0.2, 0.25) is 0 Å². The van der Waals surface area contributed by atoms with Crippen molar-refractivity contribution in [3.8, 4) is 28.3 Å². The van der Waals surface area contributed by atoms with Crippen molar-refractivity contribution < 1.29 is 28.9 Å². The van der Waals surface area contributed by atoms with E-state index in [2.05, 4.69) is 119 Å². The number of hydrogen-bond donors (Lipinski definition) is 0. The van der Waals surface area contributed by atoms with Crippen LogP contribution in [-0.2, 0) is 25.5 Å². The van der Waals surface area contributed by atoms with Gasteiger partial charge in [0.1, 0.15) is 0 Å². The van der Waals surface area contributed by atoms with Gasteiger partial charge in [-0.1, -0.05) is 102 Å². The molecule has 9 rings (SSSR count). The van der Waals surface area contributed by atoms with Crippen LogP contribution in [-0.4, -0.2) is 19.5 Å². The first kappa shape index (κ1) is 37.0. The van der Waals surface area contributed by atoms with E-state index in [1.807, 2.05) is 60.7 Å². The van der Waals surface area contributed by atoms with Crippen LogP contribution in [0.25, 0.3) is 72.4 Å². The van der Waals surface area contributed by atoms with Gasteiger partial charge in [-0.15, -0.1) is 54.1 Å². The summed E-state index contributed by atoms with van der Waals surface area (Å²) in [5, 5.41) is 2.01. The Morgan fingerprint density at radius 3 is 2.07 bits per heavy atom. The Morgan fingerprint density at radius 2 is 1.39 bits per heavy atom.